The van der Waals surface area contributed by atoms with Gasteiger partial charge in [0.2, 0.25) is 0 Å². The van der Waals surface area contributed by atoms with E-state index < -0.39 is 5.41 Å². The van der Waals surface area contributed by atoms with Gasteiger partial charge in [-0.15, -0.1) is 0 Å². The molecule has 284 valence electrons. The molecule has 12 rings (SSSR count). The Labute approximate surface area is 355 Å². The fraction of sp³-hybridized carbons (Fsp3) is 0.0169. The van der Waals surface area contributed by atoms with Crippen LogP contribution in [0.1, 0.15) is 22.3 Å². The van der Waals surface area contributed by atoms with Crippen LogP contribution < -0.4 is 0 Å². The molecule has 0 saturated heterocycles. The number of benzene rings is 10. The molecule has 1 aliphatic rings. The quantitative estimate of drug-likeness (QED) is 0.124. The second-order valence-electron chi connectivity index (χ2n) is 16.0. The molecule has 61 heavy (non-hydrogen) atoms. The molecule has 0 fully saturated rings. The standard InChI is InChI=1S/C59H38N2/c1-4-18-40(19-5-1)54-38-55(50-28-16-30-53-57(50)49-27-14-15-29-52(49)59(53,44-21-6-2-7-22-44)45-23-8-3-9-24-45)61-58(60-54)42-33-31-41(32-34-42)56-47-26-13-11-20-43(47)37-51-46-25-12-10-17-39(46)35-36-48(51)56/h1-38H. The lowest BCUT2D eigenvalue weighted by molar-refractivity contribution is 0.768. The van der Waals surface area contributed by atoms with Crippen LogP contribution in [-0.4, -0.2) is 9.97 Å². The first-order valence-corrected chi connectivity index (χ1v) is 21.0. The summed E-state index contributed by atoms with van der Waals surface area (Å²) in [5.74, 6) is 0.693. The van der Waals surface area contributed by atoms with Gasteiger partial charge >= 0.3 is 0 Å². The molecule has 1 heterocycles. The lowest BCUT2D eigenvalue weighted by Crippen LogP contribution is -2.28. The summed E-state index contributed by atoms with van der Waals surface area (Å²) in [7, 11) is 0. The Hall–Kier alpha value is -7.94. The van der Waals surface area contributed by atoms with E-state index in [0.717, 1.165) is 33.6 Å². The summed E-state index contributed by atoms with van der Waals surface area (Å²) in [5.41, 5.74) is 14.2. The zero-order valence-corrected chi connectivity index (χ0v) is 33.3. The highest BCUT2D eigenvalue weighted by atomic mass is 14.9. The Morgan fingerprint density at radius 1 is 0.295 bits per heavy atom. The fourth-order valence-corrected chi connectivity index (χ4v) is 10.1. The van der Waals surface area contributed by atoms with E-state index in [1.807, 2.05) is 0 Å². The minimum absolute atomic E-state index is 0.503. The average Bonchev–Trinajstić information content (AvgIpc) is 3.65. The lowest BCUT2D eigenvalue weighted by atomic mass is 9.67. The SMILES string of the molecule is c1ccc(-c2cc(-c3cccc4c3-c3ccccc3C4(c3ccccc3)c3ccccc3)nc(-c3ccc(-c4c5ccccc5cc5c4ccc4ccccc45)cc3)n2)cc1. The lowest BCUT2D eigenvalue weighted by Gasteiger charge is -2.33. The van der Waals surface area contributed by atoms with E-state index in [-0.39, 0.29) is 0 Å². The van der Waals surface area contributed by atoms with Crippen molar-refractivity contribution >= 4 is 32.3 Å². The summed E-state index contributed by atoms with van der Waals surface area (Å²) in [6.45, 7) is 0. The summed E-state index contributed by atoms with van der Waals surface area (Å²) >= 11 is 0. The molecule has 11 aromatic rings. The molecule has 2 heteroatoms. The van der Waals surface area contributed by atoms with Crippen LogP contribution in [0.2, 0.25) is 0 Å². The highest BCUT2D eigenvalue weighted by molar-refractivity contribution is 6.20. The Morgan fingerprint density at radius 3 is 1.62 bits per heavy atom. The Morgan fingerprint density at radius 2 is 0.869 bits per heavy atom. The molecule has 0 radical (unpaired) electrons. The third-order valence-corrected chi connectivity index (χ3v) is 12.8. The Balaban J connectivity index is 1.06. The number of rotatable bonds is 6. The van der Waals surface area contributed by atoms with Crippen molar-refractivity contribution in [2.24, 2.45) is 0 Å². The van der Waals surface area contributed by atoms with Crippen LogP contribution in [-0.2, 0) is 5.41 Å². The van der Waals surface area contributed by atoms with E-state index in [1.165, 1.54) is 71.3 Å². The van der Waals surface area contributed by atoms with Crippen molar-refractivity contribution in [2.45, 2.75) is 5.41 Å². The normalized spacial score (nSPS) is 12.7. The van der Waals surface area contributed by atoms with E-state index in [9.17, 15) is 0 Å². The van der Waals surface area contributed by atoms with Crippen molar-refractivity contribution < 1.29 is 0 Å². The molecule has 2 nitrogen and oxygen atoms in total. The molecule has 0 spiro atoms. The van der Waals surface area contributed by atoms with Gasteiger partial charge in [0, 0.05) is 16.7 Å². The third kappa shape index (κ3) is 5.50. The number of nitrogens with zero attached hydrogens (tertiary/aromatic N) is 2. The molecule has 0 amide bonds. The van der Waals surface area contributed by atoms with Crippen LogP contribution in [0.5, 0.6) is 0 Å². The highest BCUT2D eigenvalue weighted by Gasteiger charge is 2.46. The molecular formula is C59H38N2. The van der Waals surface area contributed by atoms with Gasteiger partial charge in [0.1, 0.15) is 0 Å². The van der Waals surface area contributed by atoms with Gasteiger partial charge in [0.25, 0.3) is 0 Å². The van der Waals surface area contributed by atoms with Crippen LogP contribution in [0.15, 0.2) is 231 Å². The zero-order chi connectivity index (χ0) is 40.3. The molecule has 0 bridgehead atoms. The molecule has 1 aromatic heterocycles. The maximum Gasteiger partial charge on any atom is 0.160 e. The van der Waals surface area contributed by atoms with Gasteiger partial charge in [0.05, 0.1) is 16.8 Å². The van der Waals surface area contributed by atoms with Crippen molar-refractivity contribution in [1.29, 1.82) is 0 Å². The van der Waals surface area contributed by atoms with Crippen LogP contribution in [0.4, 0.5) is 0 Å². The number of fused-ring (bicyclic) bond motifs is 7. The largest absolute Gasteiger partial charge is 0.228 e. The highest BCUT2D eigenvalue weighted by Crippen LogP contribution is 2.58. The topological polar surface area (TPSA) is 25.8 Å². The van der Waals surface area contributed by atoms with Crippen LogP contribution in [0.3, 0.4) is 0 Å². The first-order chi connectivity index (χ1) is 30.3. The third-order valence-electron chi connectivity index (χ3n) is 12.8. The molecule has 0 saturated carbocycles. The number of aromatic nitrogens is 2. The van der Waals surface area contributed by atoms with E-state index in [4.69, 9.17) is 9.97 Å². The van der Waals surface area contributed by atoms with Gasteiger partial charge in [0.15, 0.2) is 5.82 Å². The summed E-state index contributed by atoms with van der Waals surface area (Å²) in [6.07, 6.45) is 0. The van der Waals surface area contributed by atoms with E-state index in [2.05, 4.69) is 231 Å². The van der Waals surface area contributed by atoms with Crippen molar-refractivity contribution in [3.05, 3.63) is 253 Å². The molecule has 0 unspecified atom stereocenters. The van der Waals surface area contributed by atoms with Gasteiger partial charge in [-0.1, -0.05) is 218 Å². The first kappa shape index (κ1) is 35.0. The predicted octanol–water partition coefficient (Wildman–Crippen LogP) is 15.0. The minimum atomic E-state index is -0.503. The minimum Gasteiger partial charge on any atom is -0.228 e. The van der Waals surface area contributed by atoms with Crippen molar-refractivity contribution in [3.63, 3.8) is 0 Å². The van der Waals surface area contributed by atoms with Gasteiger partial charge in [-0.25, -0.2) is 9.97 Å². The van der Waals surface area contributed by atoms with Crippen molar-refractivity contribution in [3.8, 4) is 56.2 Å². The maximum atomic E-state index is 5.47. The van der Waals surface area contributed by atoms with Gasteiger partial charge in [-0.3, -0.25) is 0 Å². The molecular weight excluding hydrogens is 737 g/mol. The predicted molar refractivity (Wildman–Crippen MR) is 254 cm³/mol. The van der Waals surface area contributed by atoms with Gasteiger partial charge in [-0.2, -0.15) is 0 Å². The maximum absolute atomic E-state index is 5.47. The summed E-state index contributed by atoms with van der Waals surface area (Å²) < 4.78 is 0. The van der Waals surface area contributed by atoms with Crippen LogP contribution in [0, 0.1) is 0 Å². The molecule has 10 aromatic carbocycles. The van der Waals surface area contributed by atoms with Crippen molar-refractivity contribution in [1.82, 2.24) is 9.97 Å². The average molecular weight is 775 g/mol. The molecule has 0 aliphatic heterocycles. The van der Waals surface area contributed by atoms with Gasteiger partial charge in [-0.05, 0) is 89.0 Å². The van der Waals surface area contributed by atoms with E-state index >= 15 is 0 Å². The summed E-state index contributed by atoms with van der Waals surface area (Å²) in [4.78, 5) is 10.8. The zero-order valence-electron chi connectivity index (χ0n) is 33.3. The fourth-order valence-electron chi connectivity index (χ4n) is 10.1. The number of hydrogen-bond acceptors (Lipinski definition) is 2. The van der Waals surface area contributed by atoms with Crippen molar-refractivity contribution in [2.75, 3.05) is 0 Å². The van der Waals surface area contributed by atoms with E-state index in [1.54, 1.807) is 0 Å². The number of hydrogen-bond donors (Lipinski definition) is 0. The van der Waals surface area contributed by atoms with Crippen LogP contribution >= 0.6 is 0 Å². The monoisotopic (exact) mass is 774 g/mol. The molecule has 0 N–H and O–H groups in total. The smallest absolute Gasteiger partial charge is 0.160 e. The molecule has 0 atom stereocenters. The Kier molecular flexibility index (Phi) is 8.11. The summed E-state index contributed by atoms with van der Waals surface area (Å²) in [6, 6.07) is 83.4. The first-order valence-electron chi connectivity index (χ1n) is 21.0. The summed E-state index contributed by atoms with van der Waals surface area (Å²) in [5, 5.41) is 7.49. The second-order valence-corrected chi connectivity index (χ2v) is 16.0. The second kappa shape index (κ2) is 14.1. The van der Waals surface area contributed by atoms with Crippen LogP contribution in [0.25, 0.3) is 88.5 Å². The van der Waals surface area contributed by atoms with E-state index in [0.29, 0.717) is 5.82 Å². The molecule has 1 aliphatic carbocycles. The Bertz CT molecular complexity index is 3410. The van der Waals surface area contributed by atoms with Gasteiger partial charge < -0.3 is 0 Å².